The normalized spacial score (nSPS) is 19.2. The minimum Gasteiger partial charge on any atom is -0.443 e. The highest BCUT2D eigenvalue weighted by molar-refractivity contribution is 6.65. The molecule has 1 fully saturated rings. The molecule has 3 heterocycles. The van der Waals surface area contributed by atoms with E-state index in [9.17, 15) is 9.18 Å². The molecule has 0 spiro atoms. The fraction of sp³-hybridized carbons (Fsp3) is 0.556. The van der Waals surface area contributed by atoms with E-state index >= 15 is 0 Å². The molecule has 26 heavy (non-hydrogen) atoms. The molecule has 2 aromatic heterocycles. The van der Waals surface area contributed by atoms with Gasteiger partial charge in [-0.05, 0) is 54.5 Å². The Kier molecular flexibility index (Phi) is 4.20. The van der Waals surface area contributed by atoms with Gasteiger partial charge in [0.25, 0.3) is 0 Å². The number of nitrogens with zero attached hydrogens (tertiary/aromatic N) is 2. The lowest BCUT2D eigenvalue weighted by Gasteiger charge is -2.32. The Balaban J connectivity index is 2.10. The molecule has 0 saturated carbocycles. The van der Waals surface area contributed by atoms with Crippen molar-refractivity contribution in [3.05, 3.63) is 24.3 Å². The first-order chi connectivity index (χ1) is 11.8. The van der Waals surface area contributed by atoms with Crippen molar-refractivity contribution in [1.29, 1.82) is 0 Å². The molecule has 0 aromatic carbocycles. The molecule has 0 radical (unpaired) electrons. The van der Waals surface area contributed by atoms with Gasteiger partial charge < -0.3 is 14.0 Å². The summed E-state index contributed by atoms with van der Waals surface area (Å²) in [7, 11) is -0.741. The van der Waals surface area contributed by atoms with Crippen molar-refractivity contribution in [3.63, 3.8) is 0 Å². The lowest BCUT2D eigenvalue weighted by molar-refractivity contribution is 0.00578. The van der Waals surface area contributed by atoms with Crippen molar-refractivity contribution >= 4 is 29.7 Å². The van der Waals surface area contributed by atoms with Gasteiger partial charge >= 0.3 is 13.2 Å². The molecule has 0 aliphatic carbocycles. The zero-order valence-electron chi connectivity index (χ0n) is 16.2. The van der Waals surface area contributed by atoms with Crippen molar-refractivity contribution in [2.45, 2.75) is 65.3 Å². The van der Waals surface area contributed by atoms with Crippen LogP contribution in [0.2, 0.25) is 0 Å². The standard InChI is InChI=1S/C18H24BFN2O4/c1-16(2,3)24-15(23)22-10-13(12-8-11(20)9-21-14(12)22)19-25-17(4,5)18(6,7)26-19/h8-10H,1-7H3. The monoisotopic (exact) mass is 362 g/mol. The second kappa shape index (κ2) is 5.79. The fourth-order valence-electron chi connectivity index (χ4n) is 2.71. The summed E-state index contributed by atoms with van der Waals surface area (Å²) >= 11 is 0. The fourth-order valence-corrected chi connectivity index (χ4v) is 2.71. The Bertz CT molecular complexity index is 854. The molecule has 0 N–H and O–H groups in total. The molecule has 1 aliphatic heterocycles. The lowest BCUT2D eigenvalue weighted by Crippen LogP contribution is -2.41. The first-order valence-corrected chi connectivity index (χ1v) is 8.56. The predicted octanol–water partition coefficient (Wildman–Crippen LogP) is 3.26. The third-order valence-electron chi connectivity index (χ3n) is 4.74. The average Bonchev–Trinajstić information content (AvgIpc) is 2.91. The van der Waals surface area contributed by atoms with Crippen LogP contribution in [0.3, 0.4) is 0 Å². The van der Waals surface area contributed by atoms with E-state index in [-0.39, 0.29) is 0 Å². The molecule has 2 aromatic rings. The maximum Gasteiger partial charge on any atom is 0.497 e. The van der Waals surface area contributed by atoms with E-state index in [0.29, 0.717) is 16.5 Å². The Labute approximate surface area is 152 Å². The molecule has 8 heteroatoms. The number of pyridine rings is 1. The molecule has 0 bridgehead atoms. The summed E-state index contributed by atoms with van der Waals surface area (Å²) in [5, 5.41) is 0.453. The van der Waals surface area contributed by atoms with E-state index in [0.717, 1.165) is 6.20 Å². The van der Waals surface area contributed by atoms with Gasteiger partial charge in [0.05, 0.1) is 17.4 Å². The topological polar surface area (TPSA) is 62.6 Å². The predicted molar refractivity (Wildman–Crippen MR) is 97.0 cm³/mol. The van der Waals surface area contributed by atoms with E-state index in [1.807, 2.05) is 27.7 Å². The second-order valence-corrected chi connectivity index (χ2v) is 8.55. The molecule has 0 atom stereocenters. The van der Waals surface area contributed by atoms with Crippen LogP contribution in [0.5, 0.6) is 0 Å². The zero-order chi connectivity index (χ0) is 19.5. The van der Waals surface area contributed by atoms with E-state index in [1.54, 1.807) is 27.0 Å². The van der Waals surface area contributed by atoms with Crippen LogP contribution in [0.25, 0.3) is 11.0 Å². The Hall–Kier alpha value is -1.93. The highest BCUT2D eigenvalue weighted by Crippen LogP contribution is 2.37. The molecule has 1 aliphatic rings. The van der Waals surface area contributed by atoms with Crippen LogP contribution in [0.1, 0.15) is 48.5 Å². The van der Waals surface area contributed by atoms with Crippen molar-refractivity contribution in [2.24, 2.45) is 0 Å². The van der Waals surface area contributed by atoms with Gasteiger partial charge in [0.15, 0.2) is 0 Å². The summed E-state index contributed by atoms with van der Waals surface area (Å²) in [6, 6.07) is 1.32. The molecule has 1 saturated heterocycles. The lowest BCUT2D eigenvalue weighted by atomic mass is 9.79. The van der Waals surface area contributed by atoms with Crippen LogP contribution in [-0.4, -0.2) is 39.6 Å². The number of carbonyl (C=O) groups is 1. The van der Waals surface area contributed by atoms with Crippen LogP contribution in [0, 0.1) is 5.82 Å². The molecular weight excluding hydrogens is 338 g/mol. The van der Waals surface area contributed by atoms with Crippen LogP contribution >= 0.6 is 0 Å². The SMILES string of the molecule is CC(C)(C)OC(=O)n1cc(B2OC(C)(C)C(C)(C)O2)c2cc(F)cnc21. The van der Waals surface area contributed by atoms with E-state index < -0.39 is 35.8 Å². The van der Waals surface area contributed by atoms with Crippen molar-refractivity contribution in [2.75, 3.05) is 0 Å². The summed E-state index contributed by atoms with van der Waals surface area (Å²) in [6.45, 7) is 13.0. The molecule has 140 valence electrons. The maximum absolute atomic E-state index is 13.8. The highest BCUT2D eigenvalue weighted by Gasteiger charge is 2.52. The van der Waals surface area contributed by atoms with Crippen molar-refractivity contribution in [1.82, 2.24) is 9.55 Å². The minimum atomic E-state index is -0.741. The molecular formula is C18H24BFN2O4. The molecule has 0 amide bonds. The van der Waals surface area contributed by atoms with Gasteiger partial charge in [0.2, 0.25) is 0 Å². The maximum atomic E-state index is 13.8. The van der Waals surface area contributed by atoms with Crippen molar-refractivity contribution < 1.29 is 23.2 Å². The number of hydrogen-bond acceptors (Lipinski definition) is 5. The third kappa shape index (κ3) is 3.23. The van der Waals surface area contributed by atoms with Gasteiger partial charge in [0.1, 0.15) is 17.1 Å². The number of carbonyl (C=O) groups excluding carboxylic acids is 1. The number of aromatic nitrogens is 2. The summed E-state index contributed by atoms with van der Waals surface area (Å²) in [6.07, 6.45) is 2.02. The minimum absolute atomic E-state index is 0.297. The summed E-state index contributed by atoms with van der Waals surface area (Å²) < 4.78 is 32.6. The van der Waals surface area contributed by atoms with E-state index in [1.165, 1.54) is 10.6 Å². The van der Waals surface area contributed by atoms with Gasteiger partial charge in [-0.3, -0.25) is 0 Å². The van der Waals surface area contributed by atoms with Crippen molar-refractivity contribution in [3.8, 4) is 0 Å². The van der Waals surface area contributed by atoms with E-state index in [2.05, 4.69) is 4.98 Å². The van der Waals surface area contributed by atoms with Crippen LogP contribution in [-0.2, 0) is 14.0 Å². The summed E-state index contributed by atoms with van der Waals surface area (Å²) in [5.74, 6) is -0.503. The highest BCUT2D eigenvalue weighted by atomic mass is 19.1. The van der Waals surface area contributed by atoms with Gasteiger partial charge in [-0.1, -0.05) is 0 Å². The van der Waals surface area contributed by atoms with Gasteiger partial charge in [0, 0.05) is 17.0 Å². The van der Waals surface area contributed by atoms with Gasteiger partial charge in [-0.15, -0.1) is 0 Å². The van der Waals surface area contributed by atoms with Gasteiger partial charge in [-0.2, -0.15) is 0 Å². The summed E-state index contributed by atoms with van der Waals surface area (Å²) in [5.41, 5.74) is -0.947. The first kappa shape index (κ1) is 18.9. The molecule has 3 rings (SSSR count). The second-order valence-electron chi connectivity index (χ2n) is 8.55. The largest absolute Gasteiger partial charge is 0.497 e. The zero-order valence-corrected chi connectivity index (χ0v) is 16.2. The van der Waals surface area contributed by atoms with E-state index in [4.69, 9.17) is 14.0 Å². The third-order valence-corrected chi connectivity index (χ3v) is 4.74. The van der Waals surface area contributed by atoms with Crippen LogP contribution in [0.4, 0.5) is 9.18 Å². The number of fused-ring (bicyclic) bond motifs is 1. The molecule has 6 nitrogen and oxygen atoms in total. The molecule has 0 unspecified atom stereocenters. The Morgan fingerprint density at radius 2 is 1.81 bits per heavy atom. The van der Waals surface area contributed by atoms with Crippen LogP contribution < -0.4 is 5.46 Å². The smallest absolute Gasteiger partial charge is 0.443 e. The van der Waals surface area contributed by atoms with Gasteiger partial charge in [-0.25, -0.2) is 18.7 Å². The first-order valence-electron chi connectivity index (χ1n) is 8.56. The summed E-state index contributed by atoms with van der Waals surface area (Å²) in [4.78, 5) is 16.6. The quantitative estimate of drug-likeness (QED) is 0.729. The Morgan fingerprint density at radius 3 is 2.35 bits per heavy atom. The number of halogens is 1. The average molecular weight is 362 g/mol. The number of hydrogen-bond donors (Lipinski definition) is 0. The Morgan fingerprint density at radius 1 is 1.23 bits per heavy atom. The number of ether oxygens (including phenoxy) is 1. The van der Waals surface area contributed by atoms with Crippen LogP contribution in [0.15, 0.2) is 18.5 Å². The number of rotatable bonds is 1.